The van der Waals surface area contributed by atoms with Crippen LogP contribution in [0.4, 0.5) is 0 Å². The molecule has 1 atom stereocenters. The summed E-state index contributed by atoms with van der Waals surface area (Å²) >= 11 is 1.77. The number of aromatic nitrogens is 1. The van der Waals surface area contributed by atoms with Crippen LogP contribution in [0.5, 0.6) is 0 Å². The van der Waals surface area contributed by atoms with Gasteiger partial charge in [0.1, 0.15) is 5.01 Å². The lowest BCUT2D eigenvalue weighted by molar-refractivity contribution is 0.643. The Hall–Kier alpha value is -1.97. The Bertz CT molecular complexity index is 758. The van der Waals surface area contributed by atoms with Crippen LogP contribution in [0, 0.1) is 0 Å². The van der Waals surface area contributed by atoms with Crippen molar-refractivity contribution in [3.05, 3.63) is 65.0 Å². The first-order chi connectivity index (χ1) is 10.9. The maximum atomic E-state index is 4.90. The van der Waals surface area contributed by atoms with Crippen molar-refractivity contribution < 1.29 is 0 Å². The summed E-state index contributed by atoms with van der Waals surface area (Å²) in [4.78, 5) is 4.90. The van der Waals surface area contributed by atoms with Crippen molar-refractivity contribution in [2.24, 2.45) is 0 Å². The van der Waals surface area contributed by atoms with Crippen LogP contribution in [-0.4, -0.2) is 11.5 Å². The highest BCUT2D eigenvalue weighted by Crippen LogP contribution is 2.34. The van der Waals surface area contributed by atoms with Gasteiger partial charge in [-0.2, -0.15) is 0 Å². The molecule has 3 aromatic rings. The van der Waals surface area contributed by atoms with E-state index in [1.165, 1.54) is 34.5 Å². The van der Waals surface area contributed by atoms with E-state index in [0.717, 1.165) is 12.2 Å². The third kappa shape index (κ3) is 2.58. The molecule has 0 unspecified atom stereocenters. The molecule has 3 heteroatoms. The first kappa shape index (κ1) is 13.7. The van der Waals surface area contributed by atoms with Crippen LogP contribution in [0.1, 0.15) is 23.9 Å². The molecule has 2 nitrogen and oxygen atoms in total. The number of thiazole rings is 1. The summed E-state index contributed by atoms with van der Waals surface area (Å²) in [6.07, 6.45) is 2.45. The van der Waals surface area contributed by atoms with Crippen molar-refractivity contribution >= 4 is 11.3 Å². The van der Waals surface area contributed by atoms with E-state index in [-0.39, 0.29) is 0 Å². The van der Waals surface area contributed by atoms with Gasteiger partial charge in [0.05, 0.1) is 11.7 Å². The van der Waals surface area contributed by atoms with Gasteiger partial charge in [0.15, 0.2) is 0 Å². The first-order valence-electron chi connectivity index (χ1n) is 7.75. The number of rotatable bonds is 3. The molecule has 1 aliphatic rings. The average Bonchev–Trinajstić information content (AvgIpc) is 3.27. The van der Waals surface area contributed by atoms with Crippen molar-refractivity contribution in [3.8, 4) is 22.4 Å². The zero-order valence-electron chi connectivity index (χ0n) is 12.3. The normalized spacial score (nSPS) is 17.7. The van der Waals surface area contributed by atoms with Crippen LogP contribution >= 0.6 is 11.3 Å². The summed E-state index contributed by atoms with van der Waals surface area (Å²) in [5.41, 5.74) is 4.80. The minimum atomic E-state index is 0.447. The molecule has 1 aliphatic heterocycles. The summed E-state index contributed by atoms with van der Waals surface area (Å²) in [7, 11) is 0. The lowest BCUT2D eigenvalue weighted by Crippen LogP contribution is -2.12. The number of benzene rings is 2. The van der Waals surface area contributed by atoms with Crippen molar-refractivity contribution in [1.82, 2.24) is 10.3 Å². The van der Waals surface area contributed by atoms with Crippen LogP contribution in [0.25, 0.3) is 22.4 Å². The fourth-order valence-corrected chi connectivity index (χ4v) is 3.97. The number of nitrogens with zero attached hydrogens (tertiary/aromatic N) is 1. The molecule has 4 rings (SSSR count). The number of hydrogen-bond acceptors (Lipinski definition) is 3. The molecule has 22 heavy (non-hydrogen) atoms. The Morgan fingerprint density at radius 1 is 0.955 bits per heavy atom. The van der Waals surface area contributed by atoms with Gasteiger partial charge in [-0.1, -0.05) is 54.6 Å². The highest BCUT2D eigenvalue weighted by Gasteiger charge is 2.20. The first-order valence-corrected chi connectivity index (χ1v) is 8.63. The number of nitrogens with one attached hydrogen (secondary N) is 1. The van der Waals surface area contributed by atoms with Gasteiger partial charge in [0.25, 0.3) is 0 Å². The minimum Gasteiger partial charge on any atom is -0.308 e. The highest BCUT2D eigenvalue weighted by atomic mass is 32.1. The fraction of sp³-hybridized carbons (Fsp3) is 0.211. The molecule has 1 aromatic heterocycles. The summed E-state index contributed by atoms with van der Waals surface area (Å²) < 4.78 is 0. The van der Waals surface area contributed by atoms with Crippen molar-refractivity contribution in [3.63, 3.8) is 0 Å². The Labute approximate surface area is 134 Å². The van der Waals surface area contributed by atoms with Gasteiger partial charge in [0.2, 0.25) is 0 Å². The summed E-state index contributed by atoms with van der Waals surface area (Å²) in [6.45, 7) is 1.11. The minimum absolute atomic E-state index is 0.447. The Kier molecular flexibility index (Phi) is 3.75. The molecular formula is C19H18N2S. The standard InChI is InChI=1S/C19H18N2S/c1-2-7-14(8-3-1)15-9-4-5-10-16(15)18-13-22-19(21-18)17-11-6-12-20-17/h1-5,7-10,13,17,20H,6,11-12H2/t17-/m0/s1. The molecule has 0 saturated carbocycles. The molecule has 1 fully saturated rings. The topological polar surface area (TPSA) is 24.9 Å². The zero-order chi connectivity index (χ0) is 14.8. The van der Waals surface area contributed by atoms with E-state index in [1.807, 2.05) is 0 Å². The quantitative estimate of drug-likeness (QED) is 0.744. The fourth-order valence-electron chi connectivity index (χ4n) is 3.04. The van der Waals surface area contributed by atoms with Gasteiger partial charge in [-0.15, -0.1) is 11.3 Å². The van der Waals surface area contributed by atoms with Crippen molar-refractivity contribution in [2.45, 2.75) is 18.9 Å². The van der Waals surface area contributed by atoms with E-state index in [0.29, 0.717) is 6.04 Å². The van der Waals surface area contributed by atoms with Crippen LogP contribution in [0.15, 0.2) is 60.0 Å². The molecule has 110 valence electrons. The largest absolute Gasteiger partial charge is 0.308 e. The van der Waals surface area contributed by atoms with Gasteiger partial charge >= 0.3 is 0 Å². The van der Waals surface area contributed by atoms with Gasteiger partial charge in [-0.25, -0.2) is 4.98 Å². The van der Waals surface area contributed by atoms with E-state index in [9.17, 15) is 0 Å². The number of hydrogen-bond donors (Lipinski definition) is 1. The van der Waals surface area contributed by atoms with Crippen LogP contribution in [-0.2, 0) is 0 Å². The van der Waals surface area contributed by atoms with Crippen molar-refractivity contribution in [2.75, 3.05) is 6.54 Å². The van der Waals surface area contributed by atoms with Gasteiger partial charge in [-0.05, 0) is 30.5 Å². The van der Waals surface area contributed by atoms with Crippen molar-refractivity contribution in [1.29, 1.82) is 0 Å². The van der Waals surface area contributed by atoms with Gasteiger partial charge < -0.3 is 5.32 Å². The molecular weight excluding hydrogens is 288 g/mol. The third-order valence-electron chi connectivity index (χ3n) is 4.17. The second-order valence-corrected chi connectivity index (χ2v) is 6.52. The second-order valence-electron chi connectivity index (χ2n) is 5.63. The Balaban J connectivity index is 1.74. The molecule has 0 bridgehead atoms. The predicted octanol–water partition coefficient (Wildman–Crippen LogP) is 4.90. The van der Waals surface area contributed by atoms with Gasteiger partial charge in [-0.3, -0.25) is 0 Å². The predicted molar refractivity (Wildman–Crippen MR) is 93.0 cm³/mol. The average molecular weight is 306 g/mol. The third-order valence-corrected chi connectivity index (χ3v) is 5.13. The molecule has 0 radical (unpaired) electrons. The van der Waals surface area contributed by atoms with Gasteiger partial charge in [0, 0.05) is 10.9 Å². The van der Waals surface area contributed by atoms with Crippen LogP contribution in [0.3, 0.4) is 0 Å². The Morgan fingerprint density at radius 3 is 2.50 bits per heavy atom. The van der Waals surface area contributed by atoms with E-state index in [1.54, 1.807) is 11.3 Å². The Morgan fingerprint density at radius 2 is 1.73 bits per heavy atom. The van der Waals surface area contributed by atoms with E-state index in [4.69, 9.17) is 4.98 Å². The van der Waals surface area contributed by atoms with Crippen LogP contribution < -0.4 is 5.32 Å². The molecule has 2 heterocycles. The highest BCUT2D eigenvalue weighted by molar-refractivity contribution is 7.10. The zero-order valence-corrected chi connectivity index (χ0v) is 13.1. The lowest BCUT2D eigenvalue weighted by atomic mass is 9.98. The van der Waals surface area contributed by atoms with Crippen LogP contribution in [0.2, 0.25) is 0 Å². The van der Waals surface area contributed by atoms with E-state index >= 15 is 0 Å². The maximum absolute atomic E-state index is 4.90. The smallest absolute Gasteiger partial charge is 0.110 e. The summed E-state index contributed by atoms with van der Waals surface area (Å²) in [5, 5.41) is 6.94. The molecule has 1 N–H and O–H groups in total. The lowest BCUT2D eigenvalue weighted by Gasteiger charge is -2.08. The maximum Gasteiger partial charge on any atom is 0.110 e. The molecule has 0 amide bonds. The summed E-state index contributed by atoms with van der Waals surface area (Å²) in [5.74, 6) is 0. The summed E-state index contributed by atoms with van der Waals surface area (Å²) in [6, 6.07) is 19.5. The SMILES string of the molecule is c1ccc(-c2ccccc2-c2csc([C@@H]3CCCN3)n2)cc1. The van der Waals surface area contributed by atoms with E-state index < -0.39 is 0 Å². The molecule has 0 aliphatic carbocycles. The molecule has 1 saturated heterocycles. The second kappa shape index (κ2) is 6.03. The van der Waals surface area contributed by atoms with E-state index in [2.05, 4.69) is 65.3 Å². The molecule has 0 spiro atoms. The monoisotopic (exact) mass is 306 g/mol. The molecule has 2 aromatic carbocycles.